The van der Waals surface area contributed by atoms with Gasteiger partial charge >= 0.3 is 0 Å². The first-order valence-corrected chi connectivity index (χ1v) is 4.47. The Morgan fingerprint density at radius 3 is 2.93 bits per heavy atom. The van der Waals surface area contributed by atoms with E-state index in [9.17, 15) is 9.18 Å². The normalized spacial score (nSPS) is 9.29. The van der Waals surface area contributed by atoms with Crippen molar-refractivity contribution in [1.82, 2.24) is 0 Å². The van der Waals surface area contributed by atoms with E-state index in [1.54, 1.807) is 0 Å². The summed E-state index contributed by atoms with van der Waals surface area (Å²) in [7, 11) is 0. The van der Waals surface area contributed by atoms with Gasteiger partial charge in [0.25, 0.3) is 5.91 Å². The lowest BCUT2D eigenvalue weighted by molar-refractivity contribution is -0.117. The molecule has 5 heteroatoms. The van der Waals surface area contributed by atoms with Crippen LogP contribution in [0.2, 0.25) is 5.02 Å². The minimum atomic E-state index is -0.563. The highest BCUT2D eigenvalue weighted by molar-refractivity contribution is 7.78. The van der Waals surface area contributed by atoms with Crippen LogP contribution in [0.3, 0.4) is 0 Å². The maximum absolute atomic E-state index is 13.1. The van der Waals surface area contributed by atoms with Crippen LogP contribution in [0.5, 0.6) is 0 Å². The average molecular weight is 230 g/mol. The van der Waals surface area contributed by atoms with Crippen molar-refractivity contribution in [1.29, 1.82) is 0 Å². The first kappa shape index (κ1) is 11.0. The van der Waals surface area contributed by atoms with Gasteiger partial charge in [-0.2, -0.15) is 4.99 Å². The van der Waals surface area contributed by atoms with Crippen molar-refractivity contribution in [3.8, 4) is 0 Å². The summed E-state index contributed by atoms with van der Waals surface area (Å²) in [5, 5.41) is 2.13. The molecule has 1 aromatic rings. The lowest BCUT2D eigenvalue weighted by Gasteiger charge is -2.01. The summed E-state index contributed by atoms with van der Waals surface area (Å²) in [4.78, 5) is 14.2. The standard InChI is InChI=1S/C9H5ClFNOS/c10-7-2-1-3-8(11)6(7)4-9(13)12-5-14/h1-3H,4H2. The second-order valence-electron chi connectivity index (χ2n) is 2.47. The summed E-state index contributed by atoms with van der Waals surface area (Å²) in [6, 6.07) is 4.21. The average Bonchev–Trinajstić information content (AvgIpc) is 2.12. The fourth-order valence-corrected chi connectivity index (χ4v) is 1.27. The molecule has 0 saturated heterocycles. The highest BCUT2D eigenvalue weighted by atomic mass is 35.5. The number of carbonyl (C=O) groups is 1. The summed E-state index contributed by atoms with van der Waals surface area (Å²) >= 11 is 9.94. The highest BCUT2D eigenvalue weighted by Crippen LogP contribution is 2.19. The maximum Gasteiger partial charge on any atom is 0.259 e. The van der Waals surface area contributed by atoms with Crippen molar-refractivity contribution in [2.45, 2.75) is 6.42 Å². The molecule has 0 N–H and O–H groups in total. The molecule has 0 saturated carbocycles. The molecule has 14 heavy (non-hydrogen) atoms. The van der Waals surface area contributed by atoms with Gasteiger partial charge in [-0.15, -0.1) is 0 Å². The third-order valence-electron chi connectivity index (χ3n) is 1.56. The van der Waals surface area contributed by atoms with Crippen LogP contribution in [0.15, 0.2) is 23.2 Å². The van der Waals surface area contributed by atoms with Crippen LogP contribution in [-0.2, 0) is 11.2 Å². The third-order valence-corrected chi connectivity index (χ3v) is 2.01. The number of thiocarbonyl (C=S) groups is 1. The largest absolute Gasteiger partial charge is 0.271 e. The quantitative estimate of drug-likeness (QED) is 0.576. The van der Waals surface area contributed by atoms with Gasteiger partial charge in [0, 0.05) is 10.6 Å². The van der Waals surface area contributed by atoms with Crippen LogP contribution in [0.1, 0.15) is 5.56 Å². The first-order valence-electron chi connectivity index (χ1n) is 3.68. The molecular formula is C9H5ClFNOS. The monoisotopic (exact) mass is 229 g/mol. The molecule has 1 amide bonds. The number of amides is 1. The number of halogens is 2. The number of aliphatic imine (C=N–C) groups is 1. The Kier molecular flexibility index (Phi) is 3.89. The Morgan fingerprint density at radius 2 is 2.36 bits per heavy atom. The zero-order valence-electron chi connectivity index (χ0n) is 6.96. The van der Waals surface area contributed by atoms with Crippen LogP contribution in [-0.4, -0.2) is 11.1 Å². The Balaban J connectivity index is 2.96. The molecule has 0 aromatic heterocycles. The van der Waals surface area contributed by atoms with Crippen molar-refractivity contribution in [3.05, 3.63) is 34.6 Å². The summed E-state index contributed by atoms with van der Waals surface area (Å²) in [5.74, 6) is -1.09. The molecule has 0 unspecified atom stereocenters. The van der Waals surface area contributed by atoms with Crippen LogP contribution < -0.4 is 0 Å². The number of nitrogens with zero attached hydrogens (tertiary/aromatic N) is 1. The number of carbonyl (C=O) groups excluding carboxylic acids is 1. The Morgan fingerprint density at radius 1 is 1.64 bits per heavy atom. The van der Waals surface area contributed by atoms with E-state index in [1.165, 1.54) is 18.2 Å². The highest BCUT2D eigenvalue weighted by Gasteiger charge is 2.10. The fourth-order valence-electron chi connectivity index (χ4n) is 0.943. The van der Waals surface area contributed by atoms with Gasteiger partial charge in [-0.3, -0.25) is 4.79 Å². The topological polar surface area (TPSA) is 29.4 Å². The van der Waals surface area contributed by atoms with Gasteiger partial charge < -0.3 is 0 Å². The van der Waals surface area contributed by atoms with Gasteiger partial charge in [-0.05, 0) is 24.4 Å². The molecule has 0 aliphatic rings. The van der Waals surface area contributed by atoms with E-state index in [4.69, 9.17) is 11.6 Å². The molecule has 0 heterocycles. The number of hydrogen-bond acceptors (Lipinski definition) is 2. The zero-order chi connectivity index (χ0) is 10.6. The molecule has 2 nitrogen and oxygen atoms in total. The molecule has 0 atom stereocenters. The van der Waals surface area contributed by atoms with Crippen molar-refractivity contribution < 1.29 is 9.18 Å². The van der Waals surface area contributed by atoms with Gasteiger partial charge in [0.15, 0.2) is 0 Å². The van der Waals surface area contributed by atoms with Gasteiger partial charge in [0.05, 0.1) is 11.6 Å². The van der Waals surface area contributed by atoms with E-state index in [2.05, 4.69) is 17.2 Å². The molecule has 0 radical (unpaired) electrons. The number of benzene rings is 1. The molecule has 1 aromatic carbocycles. The zero-order valence-corrected chi connectivity index (χ0v) is 8.53. The second kappa shape index (κ2) is 4.96. The van der Waals surface area contributed by atoms with E-state index in [0.29, 0.717) is 0 Å². The Hall–Kier alpha value is -1.09. The van der Waals surface area contributed by atoms with E-state index in [-0.39, 0.29) is 17.0 Å². The summed E-state index contributed by atoms with van der Waals surface area (Å²) in [6.07, 6.45) is -0.199. The second-order valence-corrected chi connectivity index (χ2v) is 3.06. The van der Waals surface area contributed by atoms with E-state index < -0.39 is 11.7 Å². The minimum absolute atomic E-state index is 0.133. The molecule has 0 aliphatic heterocycles. The summed E-state index contributed by atoms with van der Waals surface area (Å²) < 4.78 is 13.1. The van der Waals surface area contributed by atoms with Crippen molar-refractivity contribution in [3.63, 3.8) is 0 Å². The fraction of sp³-hybridized carbons (Fsp3) is 0.111. The Labute approximate surface area is 90.4 Å². The van der Waals surface area contributed by atoms with Crippen molar-refractivity contribution >= 4 is 34.9 Å². The van der Waals surface area contributed by atoms with Crippen LogP contribution >= 0.6 is 23.8 Å². The van der Waals surface area contributed by atoms with Crippen LogP contribution in [0, 0.1) is 5.82 Å². The molecule has 1 rings (SSSR count). The lowest BCUT2D eigenvalue weighted by atomic mass is 10.1. The number of isothiocyanates is 1. The van der Waals surface area contributed by atoms with E-state index in [0.717, 1.165) is 0 Å². The number of hydrogen-bond donors (Lipinski definition) is 0. The third kappa shape index (κ3) is 2.70. The van der Waals surface area contributed by atoms with E-state index in [1.807, 2.05) is 5.16 Å². The summed E-state index contributed by atoms with van der Waals surface area (Å²) in [5.41, 5.74) is 0.133. The molecule has 0 aliphatic carbocycles. The lowest BCUT2D eigenvalue weighted by Crippen LogP contribution is -2.01. The minimum Gasteiger partial charge on any atom is -0.271 e. The predicted molar refractivity (Wildman–Crippen MR) is 55.1 cm³/mol. The SMILES string of the molecule is O=C(Cc1c(F)cccc1Cl)N=C=S. The first-order chi connectivity index (χ1) is 6.65. The smallest absolute Gasteiger partial charge is 0.259 e. The summed E-state index contributed by atoms with van der Waals surface area (Å²) in [6.45, 7) is 0. The van der Waals surface area contributed by atoms with Crippen LogP contribution in [0.25, 0.3) is 0 Å². The maximum atomic E-state index is 13.1. The van der Waals surface area contributed by atoms with Gasteiger partial charge in [0.2, 0.25) is 0 Å². The molecular weight excluding hydrogens is 225 g/mol. The van der Waals surface area contributed by atoms with Gasteiger partial charge in [0.1, 0.15) is 5.82 Å². The number of rotatable bonds is 2. The molecule has 72 valence electrons. The van der Waals surface area contributed by atoms with Crippen molar-refractivity contribution in [2.24, 2.45) is 4.99 Å². The predicted octanol–water partition coefficient (Wildman–Crippen LogP) is 2.65. The van der Waals surface area contributed by atoms with E-state index >= 15 is 0 Å². The van der Waals surface area contributed by atoms with Gasteiger partial charge in [-0.25, -0.2) is 4.39 Å². The van der Waals surface area contributed by atoms with Crippen LogP contribution in [0.4, 0.5) is 4.39 Å². The molecule has 0 bridgehead atoms. The Bertz CT molecular complexity index is 395. The molecule has 0 fully saturated rings. The molecule has 0 spiro atoms. The van der Waals surface area contributed by atoms with Gasteiger partial charge in [-0.1, -0.05) is 17.7 Å². The van der Waals surface area contributed by atoms with Crippen molar-refractivity contribution in [2.75, 3.05) is 0 Å².